The third kappa shape index (κ3) is 4.90. The van der Waals surface area contributed by atoms with Crippen molar-refractivity contribution in [3.05, 3.63) is 82.2 Å². The number of hydrogen-bond donors (Lipinski definition) is 2. The van der Waals surface area contributed by atoms with Gasteiger partial charge in [-0.25, -0.2) is 8.42 Å². The van der Waals surface area contributed by atoms with Crippen LogP contribution in [0.4, 0.5) is 5.00 Å². The van der Waals surface area contributed by atoms with Crippen LogP contribution in [-0.4, -0.2) is 37.4 Å². The molecule has 0 fully saturated rings. The summed E-state index contributed by atoms with van der Waals surface area (Å²) in [4.78, 5) is 28.0. The Morgan fingerprint density at radius 1 is 1.03 bits per heavy atom. The van der Waals surface area contributed by atoms with Crippen molar-refractivity contribution in [3.8, 4) is 0 Å². The number of thiophene rings is 1. The number of sulfone groups is 1. The number of benzene rings is 2. The highest BCUT2D eigenvalue weighted by Gasteiger charge is 2.28. The minimum atomic E-state index is -3.79. The summed E-state index contributed by atoms with van der Waals surface area (Å²) in [6.45, 7) is 2.17. The molecule has 4 rings (SSSR count). The van der Waals surface area contributed by atoms with Crippen LogP contribution in [0.2, 0.25) is 0 Å². The quantitative estimate of drug-likeness (QED) is 0.553. The van der Waals surface area contributed by atoms with E-state index < -0.39 is 27.4 Å². The zero-order valence-corrected chi connectivity index (χ0v) is 18.9. The van der Waals surface area contributed by atoms with Gasteiger partial charge in [-0.3, -0.25) is 14.5 Å². The van der Waals surface area contributed by atoms with Crippen LogP contribution in [-0.2, 0) is 34.1 Å². The van der Waals surface area contributed by atoms with Crippen LogP contribution in [0.3, 0.4) is 0 Å². The predicted molar refractivity (Wildman–Crippen MR) is 124 cm³/mol. The van der Waals surface area contributed by atoms with Gasteiger partial charge in [0.2, 0.25) is 5.91 Å². The number of hydrogen-bond acceptors (Lipinski definition) is 6. The van der Waals surface area contributed by atoms with Crippen molar-refractivity contribution < 1.29 is 18.0 Å². The molecular weight excluding hydrogens is 446 g/mol. The maximum absolute atomic E-state index is 12.5. The van der Waals surface area contributed by atoms with Crippen molar-refractivity contribution in [1.29, 1.82) is 0 Å². The molecule has 2 aromatic carbocycles. The van der Waals surface area contributed by atoms with Gasteiger partial charge in [0.1, 0.15) is 10.8 Å². The minimum absolute atomic E-state index is 0.0762. The average Bonchev–Trinajstić information content (AvgIpc) is 3.11. The maximum Gasteiger partial charge on any atom is 0.251 e. The summed E-state index contributed by atoms with van der Waals surface area (Å²) in [5, 5.41) is 2.94. The first-order valence-corrected chi connectivity index (χ1v) is 12.6. The number of carbonyl (C=O) groups is 2. The molecule has 0 radical (unpaired) electrons. The molecule has 32 heavy (non-hydrogen) atoms. The largest absolute Gasteiger partial charge is 0.365 e. The molecular formula is C23H23N3O4S2. The lowest BCUT2D eigenvalue weighted by Gasteiger charge is -2.27. The molecule has 9 heteroatoms. The van der Waals surface area contributed by atoms with Gasteiger partial charge in [0.05, 0.1) is 10.5 Å². The summed E-state index contributed by atoms with van der Waals surface area (Å²) in [5.74, 6) is -2.03. The van der Waals surface area contributed by atoms with Crippen molar-refractivity contribution in [2.24, 2.45) is 5.73 Å². The first-order valence-electron chi connectivity index (χ1n) is 10.1. The molecule has 0 bridgehead atoms. The molecule has 1 aromatic heterocycles. The molecule has 2 amide bonds. The summed E-state index contributed by atoms with van der Waals surface area (Å²) < 4.78 is 25.0. The Labute approximate surface area is 190 Å². The highest BCUT2D eigenvalue weighted by molar-refractivity contribution is 7.92. The Bertz CT molecular complexity index is 1240. The second-order valence-corrected chi connectivity index (χ2v) is 10.7. The topological polar surface area (TPSA) is 110 Å². The van der Waals surface area contributed by atoms with Gasteiger partial charge in [-0.05, 0) is 29.7 Å². The van der Waals surface area contributed by atoms with Gasteiger partial charge in [0.25, 0.3) is 5.91 Å². The number of nitrogens with one attached hydrogen (secondary N) is 1. The third-order valence-corrected chi connectivity index (χ3v) is 8.07. The minimum Gasteiger partial charge on any atom is -0.365 e. The molecule has 7 nitrogen and oxygen atoms in total. The molecule has 0 aliphatic carbocycles. The van der Waals surface area contributed by atoms with Crippen molar-refractivity contribution >= 4 is 38.0 Å². The lowest BCUT2D eigenvalue weighted by atomic mass is 10.0. The Hall–Kier alpha value is -3.01. The molecule has 3 N–H and O–H groups in total. The first-order chi connectivity index (χ1) is 15.3. The van der Waals surface area contributed by atoms with Crippen molar-refractivity contribution in [1.82, 2.24) is 4.90 Å². The molecule has 0 saturated heterocycles. The van der Waals surface area contributed by atoms with Crippen molar-refractivity contribution in [2.75, 3.05) is 17.6 Å². The summed E-state index contributed by atoms with van der Waals surface area (Å²) in [5.41, 5.74) is 7.94. The molecule has 0 saturated carbocycles. The Kier molecular flexibility index (Phi) is 6.40. The summed E-state index contributed by atoms with van der Waals surface area (Å²) in [6.07, 6.45) is 0.634. The van der Waals surface area contributed by atoms with Crippen molar-refractivity contribution in [3.63, 3.8) is 0 Å². The van der Waals surface area contributed by atoms with Crippen LogP contribution in [0.5, 0.6) is 0 Å². The van der Waals surface area contributed by atoms with Gasteiger partial charge in [0, 0.05) is 24.5 Å². The van der Waals surface area contributed by atoms with E-state index in [1.54, 1.807) is 18.2 Å². The van der Waals surface area contributed by atoms with E-state index in [0.717, 1.165) is 23.5 Å². The monoisotopic (exact) mass is 469 g/mol. The van der Waals surface area contributed by atoms with E-state index in [0.29, 0.717) is 18.0 Å². The smallest absolute Gasteiger partial charge is 0.251 e. The number of primary amides is 1. The fourth-order valence-electron chi connectivity index (χ4n) is 3.83. The number of rotatable bonds is 7. The van der Waals surface area contributed by atoms with Crippen LogP contribution in [0.25, 0.3) is 0 Å². The zero-order chi connectivity index (χ0) is 22.7. The van der Waals surface area contributed by atoms with Crippen LogP contribution in [0.15, 0.2) is 65.6 Å². The van der Waals surface area contributed by atoms with E-state index in [1.165, 1.54) is 29.0 Å². The molecule has 0 spiro atoms. The number of anilines is 1. The highest BCUT2D eigenvalue weighted by Crippen LogP contribution is 2.37. The van der Waals surface area contributed by atoms with Crippen LogP contribution in [0.1, 0.15) is 26.4 Å². The predicted octanol–water partition coefficient (Wildman–Crippen LogP) is 2.82. The number of fused-ring (bicyclic) bond motifs is 1. The first kappa shape index (κ1) is 22.2. The Morgan fingerprint density at radius 2 is 1.69 bits per heavy atom. The van der Waals surface area contributed by atoms with E-state index in [1.807, 2.05) is 18.2 Å². The highest BCUT2D eigenvalue weighted by atomic mass is 32.2. The average molecular weight is 470 g/mol. The van der Waals surface area contributed by atoms with Crippen LogP contribution in [0, 0.1) is 0 Å². The van der Waals surface area contributed by atoms with E-state index in [2.05, 4.69) is 22.3 Å². The van der Waals surface area contributed by atoms with Crippen molar-refractivity contribution in [2.45, 2.75) is 24.4 Å². The number of nitrogens with two attached hydrogens (primary N) is 1. The summed E-state index contributed by atoms with van der Waals surface area (Å²) >= 11 is 1.29. The fraction of sp³-hybridized carbons (Fsp3) is 0.217. The van der Waals surface area contributed by atoms with E-state index in [9.17, 15) is 18.0 Å². The van der Waals surface area contributed by atoms with Crippen LogP contribution < -0.4 is 11.1 Å². The fourth-order valence-corrected chi connectivity index (χ4v) is 6.30. The number of carbonyl (C=O) groups excluding carboxylic acids is 2. The molecule has 1 aliphatic heterocycles. The molecule has 166 valence electrons. The lowest BCUT2D eigenvalue weighted by molar-refractivity contribution is -0.113. The van der Waals surface area contributed by atoms with E-state index in [4.69, 9.17) is 5.73 Å². The molecule has 2 heterocycles. The molecule has 0 atom stereocenters. The van der Waals surface area contributed by atoms with Gasteiger partial charge in [-0.15, -0.1) is 11.3 Å². The van der Waals surface area contributed by atoms with Gasteiger partial charge in [-0.1, -0.05) is 48.5 Å². The normalized spacial score (nSPS) is 14.0. The van der Waals surface area contributed by atoms with E-state index >= 15 is 0 Å². The van der Waals surface area contributed by atoms with Gasteiger partial charge >= 0.3 is 0 Å². The number of nitrogens with zero attached hydrogens (tertiary/aromatic N) is 1. The molecule has 0 unspecified atom stereocenters. The molecule has 1 aliphatic rings. The maximum atomic E-state index is 12.5. The summed E-state index contributed by atoms with van der Waals surface area (Å²) in [6, 6.07) is 17.9. The van der Waals surface area contributed by atoms with Gasteiger partial charge in [-0.2, -0.15) is 0 Å². The Balaban J connectivity index is 1.51. The standard InChI is InChI=1S/C23H23N3O4S2/c24-22(28)21-18-11-12-26(13-16-7-3-1-4-8-16)14-19(18)31-23(21)25-20(27)15-32(29,30)17-9-5-2-6-10-17/h1-10H,11-15H2,(H2,24,28)(H,25,27). The summed E-state index contributed by atoms with van der Waals surface area (Å²) in [7, 11) is -3.79. The van der Waals surface area contributed by atoms with Gasteiger partial charge in [0.15, 0.2) is 9.84 Å². The second-order valence-electron chi connectivity index (χ2n) is 7.64. The van der Waals surface area contributed by atoms with E-state index in [-0.39, 0.29) is 10.5 Å². The second kappa shape index (κ2) is 9.23. The van der Waals surface area contributed by atoms with Gasteiger partial charge < -0.3 is 11.1 Å². The third-order valence-electron chi connectivity index (χ3n) is 5.31. The zero-order valence-electron chi connectivity index (χ0n) is 17.3. The van der Waals surface area contributed by atoms with Crippen LogP contribution >= 0.6 is 11.3 Å². The molecule has 3 aromatic rings. The number of amides is 2. The lowest BCUT2D eigenvalue weighted by Crippen LogP contribution is -2.30. The Morgan fingerprint density at radius 3 is 2.34 bits per heavy atom. The SMILES string of the molecule is NC(=O)c1c(NC(=O)CS(=O)(=O)c2ccccc2)sc2c1CCN(Cc1ccccc1)C2.